The van der Waals surface area contributed by atoms with Crippen molar-refractivity contribution in [2.75, 3.05) is 7.11 Å². The van der Waals surface area contributed by atoms with Crippen LogP contribution < -0.4 is 0 Å². The maximum Gasteiger partial charge on any atom is 0.534 e. The average Bonchev–Trinajstić information content (AvgIpc) is 2.58. The lowest BCUT2D eigenvalue weighted by Crippen LogP contribution is -2.44. The molecule has 0 amide bonds. The van der Waals surface area contributed by atoms with Crippen molar-refractivity contribution in [3.63, 3.8) is 0 Å². The van der Waals surface area contributed by atoms with E-state index in [-0.39, 0.29) is 19.3 Å². The minimum atomic E-state index is -5.95. The van der Waals surface area contributed by atoms with Gasteiger partial charge in [0.15, 0.2) is 5.41 Å². The van der Waals surface area contributed by atoms with E-state index in [4.69, 9.17) is 4.74 Å². The third kappa shape index (κ3) is 3.87. The largest absolute Gasteiger partial charge is 0.534 e. The molecule has 2 rings (SSSR count). The number of benzene rings is 1. The summed E-state index contributed by atoms with van der Waals surface area (Å²) in [6, 6.07) is 6.59. The molecule has 1 aliphatic rings. The quantitative estimate of drug-likeness (QED) is 0.313. The van der Waals surface area contributed by atoms with Crippen LogP contribution in [0.3, 0.4) is 0 Å². The summed E-state index contributed by atoms with van der Waals surface area (Å²) < 4.78 is 71.1. The van der Waals surface area contributed by atoms with Crippen LogP contribution >= 0.6 is 0 Å². The second-order valence-corrected chi connectivity index (χ2v) is 7.80. The smallest absolute Gasteiger partial charge is 0.468 e. The zero-order chi connectivity index (χ0) is 20.5. The van der Waals surface area contributed by atoms with E-state index in [0.29, 0.717) is 16.7 Å². The third-order valence-electron chi connectivity index (χ3n) is 4.35. The molecule has 1 aromatic carbocycles. The van der Waals surface area contributed by atoms with Crippen molar-refractivity contribution in [2.24, 2.45) is 0 Å². The van der Waals surface area contributed by atoms with E-state index >= 15 is 0 Å². The molecule has 5 nitrogen and oxygen atoms in total. The van der Waals surface area contributed by atoms with E-state index in [9.17, 15) is 26.4 Å². The molecule has 27 heavy (non-hydrogen) atoms. The molecule has 0 saturated heterocycles. The Bertz CT molecular complexity index is 887. The summed E-state index contributed by atoms with van der Waals surface area (Å²) in [6.07, 6.45) is 1.49. The summed E-state index contributed by atoms with van der Waals surface area (Å²) in [6.45, 7) is 5.43. The van der Waals surface area contributed by atoms with Crippen LogP contribution in [0.2, 0.25) is 0 Å². The Morgan fingerprint density at radius 2 is 1.93 bits per heavy atom. The highest BCUT2D eigenvalue weighted by Crippen LogP contribution is 2.46. The molecule has 0 heterocycles. The zero-order valence-electron chi connectivity index (χ0n) is 14.8. The van der Waals surface area contributed by atoms with Gasteiger partial charge in [0.2, 0.25) is 0 Å². The van der Waals surface area contributed by atoms with Crippen LogP contribution in [0.25, 0.3) is 0 Å². The van der Waals surface area contributed by atoms with Crippen LogP contribution in [0.5, 0.6) is 0 Å². The molecule has 0 fully saturated rings. The van der Waals surface area contributed by atoms with Crippen LogP contribution in [0, 0.1) is 0 Å². The first-order chi connectivity index (χ1) is 12.5. The number of alkyl halides is 3. The Kier molecular flexibility index (Phi) is 5.74. The molecular formula is C18H19F3O5S. The molecule has 0 N–H and O–H groups in total. The molecule has 1 aromatic rings. The van der Waals surface area contributed by atoms with E-state index < -0.39 is 32.8 Å². The SMILES string of the molecule is C=C(C)CCC1(C(=O)OC)C(OS(=O)(=O)C(F)(F)F)=CCc2ccccc21. The lowest BCUT2D eigenvalue weighted by Gasteiger charge is -2.37. The number of allylic oxidation sites excluding steroid dienone is 2. The van der Waals surface area contributed by atoms with Crippen molar-refractivity contribution in [1.82, 2.24) is 0 Å². The normalized spacial score (nSPS) is 19.7. The molecular weight excluding hydrogens is 385 g/mol. The van der Waals surface area contributed by atoms with E-state index in [2.05, 4.69) is 10.8 Å². The summed E-state index contributed by atoms with van der Waals surface area (Å²) in [5, 5.41) is 0. The van der Waals surface area contributed by atoms with Gasteiger partial charge in [-0.3, -0.25) is 4.79 Å². The molecule has 0 saturated carbocycles. The Morgan fingerprint density at radius 1 is 1.30 bits per heavy atom. The van der Waals surface area contributed by atoms with Gasteiger partial charge in [-0.2, -0.15) is 21.6 Å². The molecule has 0 spiro atoms. The zero-order valence-corrected chi connectivity index (χ0v) is 15.6. The van der Waals surface area contributed by atoms with Gasteiger partial charge in [0, 0.05) is 0 Å². The van der Waals surface area contributed by atoms with Crippen LogP contribution in [-0.2, 0) is 35.7 Å². The molecule has 1 atom stereocenters. The second kappa shape index (κ2) is 7.38. The van der Waals surface area contributed by atoms with E-state index in [0.717, 1.165) is 7.11 Å². The van der Waals surface area contributed by atoms with Crippen molar-refractivity contribution >= 4 is 16.1 Å². The van der Waals surface area contributed by atoms with Crippen LogP contribution in [0.15, 0.2) is 48.3 Å². The van der Waals surface area contributed by atoms with Crippen LogP contribution in [-0.4, -0.2) is 27.0 Å². The average molecular weight is 404 g/mol. The highest BCUT2D eigenvalue weighted by molar-refractivity contribution is 7.87. The fourth-order valence-electron chi connectivity index (χ4n) is 3.04. The number of halogens is 3. The van der Waals surface area contributed by atoms with Gasteiger partial charge in [-0.15, -0.1) is 6.58 Å². The van der Waals surface area contributed by atoms with Gasteiger partial charge in [-0.05, 0) is 43.4 Å². The van der Waals surface area contributed by atoms with Crippen molar-refractivity contribution in [1.29, 1.82) is 0 Å². The van der Waals surface area contributed by atoms with Gasteiger partial charge in [-0.1, -0.05) is 29.8 Å². The number of fused-ring (bicyclic) bond motifs is 1. The molecule has 0 aliphatic heterocycles. The summed E-state index contributed by atoms with van der Waals surface area (Å²) in [5.74, 6) is -1.51. The monoisotopic (exact) mass is 404 g/mol. The molecule has 0 bridgehead atoms. The lowest BCUT2D eigenvalue weighted by molar-refractivity contribution is -0.147. The Morgan fingerprint density at radius 3 is 2.48 bits per heavy atom. The molecule has 0 aromatic heterocycles. The third-order valence-corrected chi connectivity index (χ3v) is 5.31. The first kappa shape index (κ1) is 21.0. The highest BCUT2D eigenvalue weighted by Gasteiger charge is 2.55. The summed E-state index contributed by atoms with van der Waals surface area (Å²) in [7, 11) is -4.87. The first-order valence-electron chi connectivity index (χ1n) is 7.98. The van der Waals surface area contributed by atoms with Gasteiger partial charge in [0.1, 0.15) is 5.76 Å². The summed E-state index contributed by atoms with van der Waals surface area (Å²) in [4.78, 5) is 12.8. The van der Waals surface area contributed by atoms with Gasteiger partial charge < -0.3 is 8.92 Å². The summed E-state index contributed by atoms with van der Waals surface area (Å²) in [5.41, 5.74) is -5.75. The topological polar surface area (TPSA) is 69.7 Å². The van der Waals surface area contributed by atoms with E-state index in [1.54, 1.807) is 31.2 Å². The molecule has 0 radical (unpaired) electrons. The first-order valence-corrected chi connectivity index (χ1v) is 9.39. The molecule has 1 aliphatic carbocycles. The number of carbonyl (C=O) groups is 1. The Hall–Kier alpha value is -2.29. The number of hydrogen-bond acceptors (Lipinski definition) is 5. The van der Waals surface area contributed by atoms with Gasteiger partial charge in [0.25, 0.3) is 0 Å². The minimum absolute atomic E-state index is 0.0504. The standard InChI is InChI=1S/C18H19F3O5S/c1-12(2)10-11-17(16(22)25-3)14-7-5-4-6-13(14)8-9-15(17)26-27(23,24)18(19,20)21/h4-7,9H,1,8,10-11H2,2-3H3. The Balaban J connectivity index is 2.68. The lowest BCUT2D eigenvalue weighted by atomic mass is 9.69. The number of carbonyl (C=O) groups excluding carboxylic acids is 1. The van der Waals surface area contributed by atoms with Crippen molar-refractivity contribution in [2.45, 2.75) is 37.1 Å². The number of esters is 1. The predicted molar refractivity (Wildman–Crippen MR) is 92.0 cm³/mol. The number of methoxy groups -OCH3 is 1. The van der Waals surface area contributed by atoms with Crippen molar-refractivity contribution < 1.29 is 35.3 Å². The minimum Gasteiger partial charge on any atom is -0.468 e. The van der Waals surface area contributed by atoms with Crippen LogP contribution in [0.1, 0.15) is 30.9 Å². The number of hydrogen-bond donors (Lipinski definition) is 0. The van der Waals surface area contributed by atoms with Gasteiger partial charge in [0.05, 0.1) is 7.11 Å². The van der Waals surface area contributed by atoms with Gasteiger partial charge >= 0.3 is 21.6 Å². The van der Waals surface area contributed by atoms with Crippen LogP contribution in [0.4, 0.5) is 13.2 Å². The molecule has 9 heteroatoms. The van der Waals surface area contributed by atoms with E-state index in [1.165, 1.54) is 6.08 Å². The van der Waals surface area contributed by atoms with Gasteiger partial charge in [-0.25, -0.2) is 0 Å². The maximum absolute atomic E-state index is 12.9. The summed E-state index contributed by atoms with van der Waals surface area (Å²) >= 11 is 0. The number of ether oxygens (including phenoxy) is 1. The fraction of sp³-hybridized carbons (Fsp3) is 0.389. The van der Waals surface area contributed by atoms with Crippen molar-refractivity contribution in [3.8, 4) is 0 Å². The second-order valence-electron chi connectivity index (χ2n) is 6.27. The fourth-order valence-corrected chi connectivity index (χ4v) is 3.58. The maximum atomic E-state index is 12.9. The highest BCUT2D eigenvalue weighted by atomic mass is 32.2. The predicted octanol–water partition coefficient (Wildman–Crippen LogP) is 3.76. The molecule has 1 unspecified atom stereocenters. The number of rotatable bonds is 6. The molecule has 148 valence electrons. The Labute approximate surface area is 155 Å². The van der Waals surface area contributed by atoms with Crippen molar-refractivity contribution in [3.05, 3.63) is 59.4 Å². The van der Waals surface area contributed by atoms with E-state index in [1.807, 2.05) is 0 Å².